The van der Waals surface area contributed by atoms with Gasteiger partial charge in [-0.15, -0.1) is 0 Å². The van der Waals surface area contributed by atoms with E-state index in [0.717, 1.165) is 19.5 Å². The Kier molecular flexibility index (Phi) is 4.99. The summed E-state index contributed by atoms with van der Waals surface area (Å²) < 4.78 is 52.8. The second kappa shape index (κ2) is 7.34. The van der Waals surface area contributed by atoms with Crippen LogP contribution in [0.3, 0.4) is 0 Å². The van der Waals surface area contributed by atoms with E-state index in [1.807, 2.05) is 9.62 Å². The molecule has 2 aromatic carbocycles. The van der Waals surface area contributed by atoms with Gasteiger partial charge in [-0.1, -0.05) is 15.9 Å². The highest BCUT2D eigenvalue weighted by Crippen LogP contribution is 2.31. The lowest BCUT2D eigenvalue weighted by molar-refractivity contribution is 0.0956. The number of sulfonamides is 1. The van der Waals surface area contributed by atoms with Crippen LogP contribution in [0.4, 0.5) is 10.1 Å². The van der Waals surface area contributed by atoms with Crippen molar-refractivity contribution in [1.82, 2.24) is 4.72 Å². The van der Waals surface area contributed by atoms with Gasteiger partial charge in [0, 0.05) is 35.4 Å². The number of halogens is 2. The molecule has 1 aliphatic rings. The minimum absolute atomic E-state index is 0.0644. The van der Waals surface area contributed by atoms with Crippen LogP contribution >= 0.6 is 15.9 Å². The number of ether oxygens (including phenoxy) is 1. The van der Waals surface area contributed by atoms with Gasteiger partial charge in [0.1, 0.15) is 22.0 Å². The summed E-state index contributed by atoms with van der Waals surface area (Å²) in [6, 6.07) is 8.48. The molecule has 0 radical (unpaired) electrons. The topological polar surface area (TPSA) is 88.8 Å². The lowest BCUT2D eigenvalue weighted by Gasteiger charge is -2.33. The van der Waals surface area contributed by atoms with E-state index < -0.39 is 21.7 Å². The van der Waals surface area contributed by atoms with E-state index in [0.29, 0.717) is 10.2 Å². The zero-order chi connectivity index (χ0) is 20.8. The predicted octanol–water partition coefficient (Wildman–Crippen LogP) is 3.67. The highest BCUT2D eigenvalue weighted by molar-refractivity contribution is 9.10. The van der Waals surface area contributed by atoms with Crippen molar-refractivity contribution in [2.45, 2.75) is 11.3 Å². The van der Waals surface area contributed by atoms with Crippen LogP contribution in [0.1, 0.15) is 17.0 Å². The maximum Gasteiger partial charge on any atom is 0.300 e. The molecule has 10 heteroatoms. The van der Waals surface area contributed by atoms with Crippen LogP contribution in [0.2, 0.25) is 0 Å². The molecular formula is C19H16BrFN2O5S. The van der Waals surface area contributed by atoms with Crippen molar-refractivity contribution in [3.8, 4) is 5.75 Å². The standard InChI is InChI=1S/C19H16BrFN2O5S/c1-27-16-7-11(20)3-4-18(16)29(25,26)22-19(24)17-10-13-14(21)8-12(9-15(13)28-17)23-5-2-6-23/h3-4,7-10H,2,5-6H2,1H3,(H,22,24). The van der Waals surface area contributed by atoms with Gasteiger partial charge in [-0.25, -0.2) is 17.5 Å². The molecule has 152 valence electrons. The molecule has 0 bridgehead atoms. The van der Waals surface area contributed by atoms with Crippen LogP contribution in [0.5, 0.6) is 5.75 Å². The summed E-state index contributed by atoms with van der Waals surface area (Å²) in [5, 5.41) is 0.109. The van der Waals surface area contributed by atoms with E-state index in [1.54, 1.807) is 6.07 Å². The molecule has 0 spiro atoms. The number of hydrogen-bond donors (Lipinski definition) is 1. The molecule has 29 heavy (non-hydrogen) atoms. The van der Waals surface area contributed by atoms with E-state index in [2.05, 4.69) is 15.9 Å². The molecule has 1 amide bonds. The smallest absolute Gasteiger partial charge is 0.300 e. The number of rotatable bonds is 5. The second-order valence-corrected chi connectivity index (χ2v) is 9.09. The fraction of sp³-hybridized carbons (Fsp3) is 0.211. The number of methoxy groups -OCH3 is 1. The summed E-state index contributed by atoms with van der Waals surface area (Å²) in [7, 11) is -2.92. The highest BCUT2D eigenvalue weighted by atomic mass is 79.9. The van der Waals surface area contributed by atoms with Crippen molar-refractivity contribution in [3.63, 3.8) is 0 Å². The number of carbonyl (C=O) groups excluding carboxylic acids is 1. The maximum atomic E-state index is 14.4. The van der Waals surface area contributed by atoms with E-state index in [-0.39, 0.29) is 27.4 Å². The van der Waals surface area contributed by atoms with E-state index in [4.69, 9.17) is 9.15 Å². The molecular weight excluding hydrogens is 467 g/mol. The number of anilines is 1. The molecule has 0 saturated carbocycles. The summed E-state index contributed by atoms with van der Waals surface area (Å²) in [5.74, 6) is -1.78. The van der Waals surface area contributed by atoms with Gasteiger partial charge < -0.3 is 14.1 Å². The SMILES string of the molecule is COc1cc(Br)ccc1S(=O)(=O)NC(=O)c1cc2c(F)cc(N3CCC3)cc2o1. The van der Waals surface area contributed by atoms with Crippen LogP contribution in [0, 0.1) is 5.82 Å². The van der Waals surface area contributed by atoms with E-state index in [9.17, 15) is 17.6 Å². The molecule has 0 unspecified atom stereocenters. The fourth-order valence-corrected chi connectivity index (χ4v) is 4.49. The molecule has 2 heterocycles. The van der Waals surface area contributed by atoms with Gasteiger partial charge in [-0.05, 0) is 30.7 Å². The van der Waals surface area contributed by atoms with E-state index >= 15 is 0 Å². The van der Waals surface area contributed by atoms with Crippen molar-refractivity contribution in [1.29, 1.82) is 0 Å². The minimum atomic E-state index is -4.24. The largest absolute Gasteiger partial charge is 0.495 e. The number of carbonyl (C=O) groups is 1. The molecule has 1 aromatic heterocycles. The van der Waals surface area contributed by atoms with Gasteiger partial charge >= 0.3 is 5.91 Å². The maximum absolute atomic E-state index is 14.4. The Morgan fingerprint density at radius 2 is 2.00 bits per heavy atom. The van der Waals surface area contributed by atoms with Crippen molar-refractivity contribution >= 4 is 48.5 Å². The Hall–Kier alpha value is -2.59. The van der Waals surface area contributed by atoms with Gasteiger partial charge in [0.05, 0.1) is 12.5 Å². The van der Waals surface area contributed by atoms with Gasteiger partial charge in [0.2, 0.25) is 0 Å². The highest BCUT2D eigenvalue weighted by Gasteiger charge is 2.26. The lowest BCUT2D eigenvalue weighted by Crippen LogP contribution is -2.36. The third-order valence-electron chi connectivity index (χ3n) is 4.66. The number of hydrogen-bond acceptors (Lipinski definition) is 6. The Bertz CT molecular complexity index is 1220. The first-order valence-electron chi connectivity index (χ1n) is 8.67. The number of fused-ring (bicyclic) bond motifs is 1. The summed E-state index contributed by atoms with van der Waals surface area (Å²) in [6.45, 7) is 1.65. The van der Waals surface area contributed by atoms with Crippen LogP contribution < -0.4 is 14.4 Å². The summed E-state index contributed by atoms with van der Waals surface area (Å²) in [6.07, 6.45) is 1.03. The Labute approximate surface area is 174 Å². The number of benzene rings is 2. The van der Waals surface area contributed by atoms with Crippen molar-refractivity contribution in [3.05, 3.63) is 52.4 Å². The summed E-state index contributed by atoms with van der Waals surface area (Å²) in [4.78, 5) is 14.3. The molecule has 1 N–H and O–H groups in total. The molecule has 0 aliphatic carbocycles. The molecule has 1 saturated heterocycles. The summed E-state index contributed by atoms with van der Waals surface area (Å²) in [5.41, 5.74) is 0.838. The first-order valence-corrected chi connectivity index (χ1v) is 10.9. The normalized spacial score (nSPS) is 14.0. The van der Waals surface area contributed by atoms with Crippen LogP contribution in [0.25, 0.3) is 11.0 Å². The first-order chi connectivity index (χ1) is 13.8. The molecule has 4 rings (SSSR count). The third kappa shape index (κ3) is 3.69. The zero-order valence-corrected chi connectivity index (χ0v) is 17.6. The number of nitrogens with zero attached hydrogens (tertiary/aromatic N) is 1. The van der Waals surface area contributed by atoms with E-state index in [1.165, 1.54) is 37.4 Å². The Morgan fingerprint density at radius 1 is 1.24 bits per heavy atom. The van der Waals surface area contributed by atoms with Gasteiger partial charge in [-0.2, -0.15) is 0 Å². The molecule has 0 atom stereocenters. The average molecular weight is 483 g/mol. The molecule has 3 aromatic rings. The minimum Gasteiger partial charge on any atom is -0.495 e. The van der Waals surface area contributed by atoms with Crippen molar-refractivity contribution < 1.29 is 26.8 Å². The van der Waals surface area contributed by atoms with Gasteiger partial charge in [-0.3, -0.25) is 4.79 Å². The van der Waals surface area contributed by atoms with Crippen molar-refractivity contribution in [2.24, 2.45) is 0 Å². The summed E-state index contributed by atoms with van der Waals surface area (Å²) >= 11 is 3.23. The quantitative estimate of drug-likeness (QED) is 0.596. The number of furan rings is 1. The fourth-order valence-electron chi connectivity index (χ4n) is 3.04. The molecule has 7 nitrogen and oxygen atoms in total. The van der Waals surface area contributed by atoms with Gasteiger partial charge in [0.25, 0.3) is 10.0 Å². The number of amides is 1. The zero-order valence-electron chi connectivity index (χ0n) is 15.2. The lowest BCUT2D eigenvalue weighted by atomic mass is 10.1. The van der Waals surface area contributed by atoms with Crippen LogP contribution in [-0.4, -0.2) is 34.5 Å². The third-order valence-corrected chi connectivity index (χ3v) is 6.52. The van der Waals surface area contributed by atoms with Crippen LogP contribution in [0.15, 0.2) is 50.2 Å². The molecule has 1 aliphatic heterocycles. The Balaban J connectivity index is 1.64. The average Bonchev–Trinajstić information content (AvgIpc) is 3.04. The first kappa shape index (κ1) is 19.7. The number of nitrogens with one attached hydrogen (secondary N) is 1. The van der Waals surface area contributed by atoms with Gasteiger partial charge in [0.15, 0.2) is 5.76 Å². The predicted molar refractivity (Wildman–Crippen MR) is 108 cm³/mol. The Morgan fingerprint density at radius 3 is 2.66 bits per heavy atom. The van der Waals surface area contributed by atoms with Crippen LogP contribution in [-0.2, 0) is 10.0 Å². The van der Waals surface area contributed by atoms with Crippen molar-refractivity contribution in [2.75, 3.05) is 25.1 Å². The monoisotopic (exact) mass is 482 g/mol. The molecule has 1 fully saturated rings. The second-order valence-electron chi connectivity index (χ2n) is 6.52.